The number of amides is 1. The fraction of sp³-hybridized carbons (Fsp3) is 0.438. The van der Waals surface area contributed by atoms with Crippen molar-refractivity contribution in [2.24, 2.45) is 0 Å². The molecule has 0 atom stereocenters. The largest absolute Gasteiger partial charge is 0.307 e. The summed E-state index contributed by atoms with van der Waals surface area (Å²) in [7, 11) is 0. The van der Waals surface area contributed by atoms with Crippen molar-refractivity contribution in [3.63, 3.8) is 0 Å². The van der Waals surface area contributed by atoms with Gasteiger partial charge in [0, 0.05) is 18.0 Å². The summed E-state index contributed by atoms with van der Waals surface area (Å²) in [6.07, 6.45) is 9.39. The number of carbonyl (C=O) groups is 1. The van der Waals surface area contributed by atoms with Crippen LogP contribution in [0.2, 0.25) is 0 Å². The number of anilines is 1. The Bertz CT molecular complexity index is 611. The Labute approximate surface area is 124 Å². The van der Waals surface area contributed by atoms with Crippen LogP contribution in [0.3, 0.4) is 0 Å². The van der Waals surface area contributed by atoms with Crippen molar-refractivity contribution in [1.82, 2.24) is 14.8 Å². The number of carbonyl (C=O) groups excluding carboxylic acids is 1. The molecule has 1 aliphatic rings. The first-order valence-electron chi connectivity index (χ1n) is 7.51. The zero-order chi connectivity index (χ0) is 14.7. The van der Waals surface area contributed by atoms with Crippen LogP contribution < -0.4 is 5.32 Å². The summed E-state index contributed by atoms with van der Waals surface area (Å²) in [4.78, 5) is 16.4. The minimum atomic E-state index is -0.139. The van der Waals surface area contributed by atoms with Gasteiger partial charge in [0.25, 0.3) is 5.91 Å². The Morgan fingerprint density at radius 3 is 2.76 bits per heavy atom. The van der Waals surface area contributed by atoms with E-state index >= 15 is 0 Å². The van der Waals surface area contributed by atoms with Gasteiger partial charge < -0.3 is 5.32 Å². The number of aromatic nitrogens is 3. The van der Waals surface area contributed by atoms with Gasteiger partial charge in [-0.2, -0.15) is 5.10 Å². The van der Waals surface area contributed by atoms with Crippen LogP contribution >= 0.6 is 0 Å². The minimum Gasteiger partial charge on any atom is -0.307 e. The molecule has 3 rings (SSSR count). The maximum atomic E-state index is 12.3. The molecule has 110 valence electrons. The van der Waals surface area contributed by atoms with Crippen LogP contribution in [0.4, 0.5) is 5.82 Å². The summed E-state index contributed by atoms with van der Waals surface area (Å²) in [5.74, 6) is 0.632. The number of hydrogen-bond acceptors (Lipinski definition) is 3. The molecule has 2 aromatic rings. The number of pyridine rings is 1. The molecule has 0 aromatic carbocycles. The van der Waals surface area contributed by atoms with Gasteiger partial charge in [0.2, 0.25) is 0 Å². The molecule has 0 saturated heterocycles. The summed E-state index contributed by atoms with van der Waals surface area (Å²) in [6, 6.07) is 5.89. The smallest absolute Gasteiger partial charge is 0.258 e. The Morgan fingerprint density at radius 1 is 1.24 bits per heavy atom. The zero-order valence-corrected chi connectivity index (χ0v) is 12.2. The van der Waals surface area contributed by atoms with Crippen LogP contribution in [0, 0.1) is 6.92 Å². The highest BCUT2D eigenvalue weighted by Gasteiger charge is 2.19. The normalized spacial score (nSPS) is 15.9. The molecule has 5 heteroatoms. The van der Waals surface area contributed by atoms with E-state index in [0.717, 1.165) is 24.4 Å². The molecule has 0 spiro atoms. The van der Waals surface area contributed by atoms with E-state index in [-0.39, 0.29) is 5.91 Å². The third-order valence-corrected chi connectivity index (χ3v) is 4.01. The Kier molecular flexibility index (Phi) is 3.99. The molecule has 1 N–H and O–H groups in total. The summed E-state index contributed by atoms with van der Waals surface area (Å²) in [5, 5.41) is 7.33. The fourth-order valence-electron chi connectivity index (χ4n) is 2.82. The van der Waals surface area contributed by atoms with E-state index < -0.39 is 0 Å². The second-order valence-corrected chi connectivity index (χ2v) is 5.60. The Morgan fingerprint density at radius 2 is 2.05 bits per heavy atom. The summed E-state index contributed by atoms with van der Waals surface area (Å²) in [6.45, 7) is 1.90. The predicted octanol–water partition coefficient (Wildman–Crippen LogP) is 3.34. The lowest BCUT2D eigenvalue weighted by Crippen LogP contribution is -2.20. The second kappa shape index (κ2) is 6.08. The van der Waals surface area contributed by atoms with Crippen LogP contribution in [-0.4, -0.2) is 20.7 Å². The Balaban J connectivity index is 1.74. The molecular weight excluding hydrogens is 264 g/mol. The quantitative estimate of drug-likeness (QED) is 0.940. The van der Waals surface area contributed by atoms with Gasteiger partial charge in [-0.05, 0) is 31.9 Å². The van der Waals surface area contributed by atoms with E-state index in [9.17, 15) is 4.79 Å². The van der Waals surface area contributed by atoms with Gasteiger partial charge in [0.1, 0.15) is 5.82 Å². The average Bonchev–Trinajstić information content (AvgIpc) is 2.97. The minimum absolute atomic E-state index is 0.139. The molecule has 1 aliphatic carbocycles. The van der Waals surface area contributed by atoms with Crippen molar-refractivity contribution in [2.45, 2.75) is 45.1 Å². The number of hydrogen-bond donors (Lipinski definition) is 1. The first kappa shape index (κ1) is 13.8. The lowest BCUT2D eigenvalue weighted by Gasteiger charge is -2.23. The van der Waals surface area contributed by atoms with Gasteiger partial charge in [-0.25, -0.2) is 4.68 Å². The first-order chi connectivity index (χ1) is 10.2. The lowest BCUT2D eigenvalue weighted by molar-refractivity contribution is 0.102. The molecule has 0 unspecified atom stereocenters. The van der Waals surface area contributed by atoms with Crippen molar-refractivity contribution in [3.8, 4) is 0 Å². The van der Waals surface area contributed by atoms with Crippen LogP contribution in [0.1, 0.15) is 54.2 Å². The van der Waals surface area contributed by atoms with E-state index in [1.54, 1.807) is 18.5 Å². The van der Waals surface area contributed by atoms with Crippen LogP contribution in [0.5, 0.6) is 0 Å². The molecule has 1 fully saturated rings. The van der Waals surface area contributed by atoms with E-state index in [1.165, 1.54) is 19.3 Å². The standard InChI is InChI=1S/C16H20N4O/c1-12-7-8-13(11-17-12)16(21)19-15-9-10-18-20(15)14-5-3-2-4-6-14/h7-11,14H,2-6H2,1H3,(H,19,21). The predicted molar refractivity (Wildman–Crippen MR) is 81.3 cm³/mol. The highest BCUT2D eigenvalue weighted by atomic mass is 16.1. The van der Waals surface area contributed by atoms with Crippen molar-refractivity contribution in [2.75, 3.05) is 5.32 Å². The Hall–Kier alpha value is -2.17. The van der Waals surface area contributed by atoms with E-state index in [1.807, 2.05) is 23.7 Å². The topological polar surface area (TPSA) is 59.8 Å². The van der Waals surface area contributed by atoms with Crippen molar-refractivity contribution in [1.29, 1.82) is 0 Å². The van der Waals surface area contributed by atoms with Crippen molar-refractivity contribution >= 4 is 11.7 Å². The molecule has 21 heavy (non-hydrogen) atoms. The van der Waals surface area contributed by atoms with Crippen LogP contribution in [0.15, 0.2) is 30.6 Å². The van der Waals surface area contributed by atoms with Crippen molar-refractivity contribution in [3.05, 3.63) is 41.9 Å². The molecule has 2 heterocycles. The third-order valence-electron chi connectivity index (χ3n) is 4.01. The van der Waals surface area contributed by atoms with E-state index in [4.69, 9.17) is 0 Å². The van der Waals surface area contributed by atoms with Crippen molar-refractivity contribution < 1.29 is 4.79 Å². The van der Waals surface area contributed by atoms with E-state index in [0.29, 0.717) is 11.6 Å². The van der Waals surface area contributed by atoms with Gasteiger partial charge in [-0.3, -0.25) is 9.78 Å². The van der Waals surface area contributed by atoms with Gasteiger partial charge >= 0.3 is 0 Å². The number of nitrogens with zero attached hydrogens (tertiary/aromatic N) is 3. The SMILES string of the molecule is Cc1ccc(C(=O)Nc2ccnn2C2CCCCC2)cn1. The monoisotopic (exact) mass is 284 g/mol. The lowest BCUT2D eigenvalue weighted by atomic mass is 9.96. The summed E-state index contributed by atoms with van der Waals surface area (Å²) in [5.41, 5.74) is 1.47. The fourth-order valence-corrected chi connectivity index (χ4v) is 2.82. The average molecular weight is 284 g/mol. The summed E-state index contributed by atoms with van der Waals surface area (Å²) < 4.78 is 1.96. The molecule has 1 saturated carbocycles. The highest BCUT2D eigenvalue weighted by molar-refractivity contribution is 6.03. The first-order valence-corrected chi connectivity index (χ1v) is 7.51. The zero-order valence-electron chi connectivity index (χ0n) is 12.2. The second-order valence-electron chi connectivity index (χ2n) is 5.60. The van der Waals surface area contributed by atoms with Gasteiger partial charge in [-0.15, -0.1) is 0 Å². The maximum absolute atomic E-state index is 12.3. The number of nitrogens with one attached hydrogen (secondary N) is 1. The van der Waals surface area contributed by atoms with Gasteiger partial charge in [0.15, 0.2) is 0 Å². The third kappa shape index (κ3) is 3.12. The number of aryl methyl sites for hydroxylation is 1. The molecule has 0 bridgehead atoms. The van der Waals surface area contributed by atoms with Crippen LogP contribution in [0.25, 0.3) is 0 Å². The maximum Gasteiger partial charge on any atom is 0.258 e. The van der Waals surface area contributed by atoms with Gasteiger partial charge in [0.05, 0.1) is 17.8 Å². The molecule has 2 aromatic heterocycles. The number of rotatable bonds is 3. The summed E-state index contributed by atoms with van der Waals surface area (Å²) >= 11 is 0. The molecule has 0 radical (unpaired) electrons. The molecule has 5 nitrogen and oxygen atoms in total. The molecule has 1 amide bonds. The van der Waals surface area contributed by atoms with E-state index in [2.05, 4.69) is 15.4 Å². The molecule has 0 aliphatic heterocycles. The molecular formula is C16H20N4O. The highest BCUT2D eigenvalue weighted by Crippen LogP contribution is 2.29. The van der Waals surface area contributed by atoms with Gasteiger partial charge in [-0.1, -0.05) is 19.3 Å². The van der Waals surface area contributed by atoms with Crippen LogP contribution in [-0.2, 0) is 0 Å².